The highest BCUT2D eigenvalue weighted by molar-refractivity contribution is 5.55. The molecule has 0 spiro atoms. The number of rotatable bonds is 2. The van der Waals surface area contributed by atoms with Gasteiger partial charge in [0.2, 0.25) is 0 Å². The van der Waals surface area contributed by atoms with Gasteiger partial charge in [-0.25, -0.2) is 4.39 Å². The van der Waals surface area contributed by atoms with Gasteiger partial charge in [0.15, 0.2) is 0 Å². The van der Waals surface area contributed by atoms with Gasteiger partial charge in [0.25, 0.3) is 0 Å². The number of ether oxygens (including phenoxy) is 1. The number of nitrogens with zero attached hydrogens (tertiary/aromatic N) is 1. The lowest BCUT2D eigenvalue weighted by Crippen LogP contribution is -2.45. The van der Waals surface area contributed by atoms with Gasteiger partial charge in [-0.1, -0.05) is 13.0 Å². The zero-order valence-corrected chi connectivity index (χ0v) is 11.7. The molecule has 1 aromatic carbocycles. The van der Waals surface area contributed by atoms with Crippen LogP contribution in [0.5, 0.6) is 0 Å². The number of anilines is 1. The lowest BCUT2D eigenvalue weighted by atomic mass is 10.0. The lowest BCUT2D eigenvalue weighted by molar-refractivity contribution is -0.00526. The monoisotopic (exact) mass is 251 g/mol. The molecule has 2 nitrogen and oxygen atoms in total. The standard InChI is InChI=1S/C15H22FNO/c1-5-13-6-7-14(12(4)15(13)16)17-8-10(2)18-11(3)9-17/h6-7,10-11H,5,8-9H2,1-4H3/t10-,11+. The summed E-state index contributed by atoms with van der Waals surface area (Å²) in [6, 6.07) is 3.95. The second kappa shape index (κ2) is 5.27. The summed E-state index contributed by atoms with van der Waals surface area (Å²) in [5.41, 5.74) is 2.56. The van der Waals surface area contributed by atoms with E-state index in [1.54, 1.807) is 0 Å². The van der Waals surface area contributed by atoms with Gasteiger partial charge in [-0.2, -0.15) is 0 Å². The SMILES string of the molecule is CCc1ccc(N2C[C@@H](C)O[C@@H](C)C2)c(C)c1F. The highest BCUT2D eigenvalue weighted by Crippen LogP contribution is 2.27. The minimum atomic E-state index is -0.0539. The highest BCUT2D eigenvalue weighted by atomic mass is 19.1. The van der Waals surface area contributed by atoms with E-state index in [-0.39, 0.29) is 18.0 Å². The molecule has 18 heavy (non-hydrogen) atoms. The van der Waals surface area contributed by atoms with Crippen molar-refractivity contribution in [2.45, 2.75) is 46.3 Å². The molecule has 0 radical (unpaired) electrons. The van der Waals surface area contributed by atoms with Crippen LogP contribution in [-0.4, -0.2) is 25.3 Å². The molecule has 1 aliphatic heterocycles. The van der Waals surface area contributed by atoms with E-state index in [0.29, 0.717) is 0 Å². The zero-order chi connectivity index (χ0) is 13.3. The Morgan fingerprint density at radius 1 is 1.28 bits per heavy atom. The van der Waals surface area contributed by atoms with E-state index in [4.69, 9.17) is 4.74 Å². The molecule has 0 unspecified atom stereocenters. The summed E-state index contributed by atoms with van der Waals surface area (Å²) in [6.07, 6.45) is 1.13. The normalized spacial score (nSPS) is 24.4. The Morgan fingerprint density at radius 3 is 2.44 bits per heavy atom. The first-order valence-electron chi connectivity index (χ1n) is 6.71. The van der Waals surface area contributed by atoms with Crippen molar-refractivity contribution in [1.29, 1.82) is 0 Å². The van der Waals surface area contributed by atoms with Crippen LogP contribution in [0.15, 0.2) is 12.1 Å². The molecule has 1 heterocycles. The first kappa shape index (κ1) is 13.3. The van der Waals surface area contributed by atoms with Crippen LogP contribution in [0.25, 0.3) is 0 Å². The minimum Gasteiger partial charge on any atom is -0.372 e. The van der Waals surface area contributed by atoms with Gasteiger partial charge >= 0.3 is 0 Å². The number of halogens is 1. The molecular weight excluding hydrogens is 229 g/mol. The predicted octanol–water partition coefficient (Wildman–Crippen LogP) is 3.31. The summed E-state index contributed by atoms with van der Waals surface area (Å²) < 4.78 is 19.9. The van der Waals surface area contributed by atoms with E-state index in [1.807, 2.05) is 26.0 Å². The van der Waals surface area contributed by atoms with Crippen LogP contribution < -0.4 is 4.90 Å². The fourth-order valence-electron chi connectivity index (χ4n) is 2.72. The maximum atomic E-state index is 14.2. The van der Waals surface area contributed by atoms with Crippen LogP contribution in [0, 0.1) is 12.7 Å². The number of hydrogen-bond acceptors (Lipinski definition) is 2. The van der Waals surface area contributed by atoms with Crippen molar-refractivity contribution in [2.75, 3.05) is 18.0 Å². The number of morpholine rings is 1. The molecule has 3 heteroatoms. The second-order valence-corrected chi connectivity index (χ2v) is 5.20. The topological polar surface area (TPSA) is 12.5 Å². The molecule has 1 aromatic rings. The molecule has 1 fully saturated rings. The maximum absolute atomic E-state index is 14.2. The molecule has 0 amide bonds. The molecule has 2 rings (SSSR count). The van der Waals surface area contributed by atoms with Gasteiger partial charge in [0.1, 0.15) is 5.82 Å². The second-order valence-electron chi connectivity index (χ2n) is 5.20. The van der Waals surface area contributed by atoms with Crippen molar-refractivity contribution in [3.63, 3.8) is 0 Å². The summed E-state index contributed by atoms with van der Waals surface area (Å²) in [6.45, 7) is 9.64. The molecule has 0 aromatic heterocycles. The van der Waals surface area contributed by atoms with Crippen molar-refractivity contribution >= 4 is 5.69 Å². The Balaban J connectivity index is 2.30. The van der Waals surface area contributed by atoms with Crippen molar-refractivity contribution in [1.82, 2.24) is 0 Å². The highest BCUT2D eigenvalue weighted by Gasteiger charge is 2.24. The third-order valence-corrected chi connectivity index (χ3v) is 3.58. The average Bonchev–Trinajstić information content (AvgIpc) is 2.31. The molecule has 0 bridgehead atoms. The third-order valence-electron chi connectivity index (χ3n) is 3.58. The van der Waals surface area contributed by atoms with Crippen LogP contribution >= 0.6 is 0 Å². The molecule has 2 atom stereocenters. The zero-order valence-electron chi connectivity index (χ0n) is 11.7. The fourth-order valence-corrected chi connectivity index (χ4v) is 2.72. The quantitative estimate of drug-likeness (QED) is 0.799. The number of benzene rings is 1. The van der Waals surface area contributed by atoms with Crippen LogP contribution in [0.1, 0.15) is 31.9 Å². The van der Waals surface area contributed by atoms with E-state index in [0.717, 1.165) is 36.3 Å². The largest absolute Gasteiger partial charge is 0.372 e. The molecule has 1 aliphatic rings. The van der Waals surface area contributed by atoms with E-state index in [2.05, 4.69) is 18.7 Å². The Kier molecular flexibility index (Phi) is 3.91. The van der Waals surface area contributed by atoms with Crippen LogP contribution in [0.2, 0.25) is 0 Å². The van der Waals surface area contributed by atoms with Gasteiger partial charge in [-0.15, -0.1) is 0 Å². The predicted molar refractivity (Wildman–Crippen MR) is 72.7 cm³/mol. The van der Waals surface area contributed by atoms with Crippen molar-refractivity contribution in [2.24, 2.45) is 0 Å². The lowest BCUT2D eigenvalue weighted by Gasteiger charge is -2.37. The Labute approximate surface area is 109 Å². The first-order chi connectivity index (χ1) is 8.52. The van der Waals surface area contributed by atoms with Crippen molar-refractivity contribution in [3.05, 3.63) is 29.1 Å². The summed E-state index contributed by atoms with van der Waals surface area (Å²) in [4.78, 5) is 2.23. The van der Waals surface area contributed by atoms with Gasteiger partial charge in [0, 0.05) is 24.3 Å². The van der Waals surface area contributed by atoms with E-state index in [1.165, 1.54) is 0 Å². The molecular formula is C15H22FNO. The van der Waals surface area contributed by atoms with Crippen LogP contribution in [0.3, 0.4) is 0 Å². The summed E-state index contributed by atoms with van der Waals surface area (Å²) in [7, 11) is 0. The van der Waals surface area contributed by atoms with Crippen LogP contribution in [-0.2, 0) is 11.2 Å². The number of aryl methyl sites for hydroxylation is 1. The van der Waals surface area contributed by atoms with Gasteiger partial charge < -0.3 is 9.64 Å². The maximum Gasteiger partial charge on any atom is 0.131 e. The van der Waals surface area contributed by atoms with Gasteiger partial charge in [-0.05, 0) is 38.8 Å². The molecule has 1 saturated heterocycles. The summed E-state index contributed by atoms with van der Waals surface area (Å²) in [5.74, 6) is -0.0539. The molecule has 0 aliphatic carbocycles. The summed E-state index contributed by atoms with van der Waals surface area (Å²) in [5, 5.41) is 0. The van der Waals surface area contributed by atoms with E-state index < -0.39 is 0 Å². The van der Waals surface area contributed by atoms with Crippen LogP contribution in [0.4, 0.5) is 10.1 Å². The average molecular weight is 251 g/mol. The summed E-state index contributed by atoms with van der Waals surface area (Å²) >= 11 is 0. The van der Waals surface area contributed by atoms with Crippen molar-refractivity contribution < 1.29 is 9.13 Å². The Hall–Kier alpha value is -1.09. The van der Waals surface area contributed by atoms with Gasteiger partial charge in [0.05, 0.1) is 12.2 Å². The molecule has 100 valence electrons. The first-order valence-corrected chi connectivity index (χ1v) is 6.71. The Morgan fingerprint density at radius 2 is 1.89 bits per heavy atom. The molecule has 0 N–H and O–H groups in total. The fraction of sp³-hybridized carbons (Fsp3) is 0.600. The third kappa shape index (κ3) is 2.51. The van der Waals surface area contributed by atoms with E-state index >= 15 is 0 Å². The smallest absolute Gasteiger partial charge is 0.131 e. The minimum absolute atomic E-state index is 0.0539. The van der Waals surface area contributed by atoms with Gasteiger partial charge in [-0.3, -0.25) is 0 Å². The van der Waals surface area contributed by atoms with E-state index in [9.17, 15) is 4.39 Å². The Bertz CT molecular complexity index is 423. The van der Waals surface area contributed by atoms with Crippen molar-refractivity contribution in [3.8, 4) is 0 Å². The molecule has 0 saturated carbocycles. The number of hydrogen-bond donors (Lipinski definition) is 0.